The van der Waals surface area contributed by atoms with E-state index < -0.39 is 12.3 Å². The fraction of sp³-hybridized carbons (Fsp3) is 1.00. The van der Waals surface area contributed by atoms with Crippen molar-refractivity contribution in [1.29, 1.82) is 0 Å². The monoisotopic (exact) mass is 160 g/mol. The zero-order valence-electron chi connectivity index (χ0n) is 6.26. The first kappa shape index (κ1) is 7.46. The third kappa shape index (κ3) is 1.15. The smallest absolute Gasteiger partial charge is 0.139 e. The van der Waals surface area contributed by atoms with Gasteiger partial charge in [0, 0.05) is 12.5 Å². The van der Waals surface area contributed by atoms with Crippen LogP contribution in [0.1, 0.15) is 6.42 Å². The molecule has 2 fully saturated rings. The van der Waals surface area contributed by atoms with Gasteiger partial charge >= 0.3 is 0 Å². The molecule has 2 rings (SSSR count). The summed E-state index contributed by atoms with van der Waals surface area (Å²) in [4.78, 5) is 0. The largest absolute Gasteiger partial charge is 0.390 e. The summed E-state index contributed by atoms with van der Waals surface area (Å²) < 4.78 is 12.9. The maximum Gasteiger partial charge on any atom is 0.139 e. The van der Waals surface area contributed by atoms with Gasteiger partial charge in [0.15, 0.2) is 0 Å². The highest BCUT2D eigenvalue weighted by atomic mass is 19.1. The van der Waals surface area contributed by atoms with Crippen LogP contribution < -0.4 is 10.6 Å². The third-order valence-corrected chi connectivity index (χ3v) is 2.61. The number of aliphatic hydroxyl groups excluding tert-OH is 1. The number of piperidine rings is 1. The molecule has 2 aliphatic heterocycles. The number of hydrogen-bond donors (Lipinski definition) is 3. The second-order valence-corrected chi connectivity index (χ2v) is 3.30. The Bertz CT molecular complexity index is 155. The summed E-state index contributed by atoms with van der Waals surface area (Å²) in [6.07, 6.45) is -0.844. The predicted octanol–water partition coefficient (Wildman–Crippen LogP) is -0.776. The highest BCUT2D eigenvalue weighted by Gasteiger charge is 2.40. The van der Waals surface area contributed by atoms with Crippen LogP contribution in [0, 0.1) is 5.92 Å². The van der Waals surface area contributed by atoms with Crippen molar-refractivity contribution in [3.63, 3.8) is 0 Å². The van der Waals surface area contributed by atoms with Crippen molar-refractivity contribution in [3.05, 3.63) is 0 Å². The van der Waals surface area contributed by atoms with E-state index in [4.69, 9.17) is 0 Å². The molecule has 0 saturated carbocycles. The fourth-order valence-electron chi connectivity index (χ4n) is 1.94. The zero-order chi connectivity index (χ0) is 7.84. The molecule has 0 spiro atoms. The Balaban J connectivity index is 2.06. The van der Waals surface area contributed by atoms with Gasteiger partial charge in [-0.1, -0.05) is 0 Å². The van der Waals surface area contributed by atoms with Crippen LogP contribution in [0.3, 0.4) is 0 Å². The van der Waals surface area contributed by atoms with Crippen LogP contribution in [-0.4, -0.2) is 36.6 Å². The van der Waals surface area contributed by atoms with Crippen molar-refractivity contribution in [2.75, 3.05) is 13.1 Å². The first-order valence-corrected chi connectivity index (χ1v) is 4.08. The maximum atomic E-state index is 12.9. The van der Waals surface area contributed by atoms with Gasteiger partial charge in [-0.25, -0.2) is 4.39 Å². The highest BCUT2D eigenvalue weighted by molar-refractivity contribution is 4.94. The molecule has 0 bridgehead atoms. The van der Waals surface area contributed by atoms with Gasteiger partial charge in [-0.15, -0.1) is 0 Å². The number of aliphatic hydroxyl groups is 1. The topological polar surface area (TPSA) is 44.3 Å². The molecular weight excluding hydrogens is 147 g/mol. The molecule has 0 amide bonds. The molecule has 4 heteroatoms. The SMILES string of the molecule is OC1C(F)CNC2NCCC21. The lowest BCUT2D eigenvalue weighted by molar-refractivity contribution is -0.00552. The predicted molar refractivity (Wildman–Crippen MR) is 38.8 cm³/mol. The molecule has 0 aromatic heterocycles. The lowest BCUT2D eigenvalue weighted by atomic mass is 9.92. The van der Waals surface area contributed by atoms with Crippen LogP contribution in [0.4, 0.5) is 4.39 Å². The zero-order valence-corrected chi connectivity index (χ0v) is 6.26. The number of alkyl halides is 1. The summed E-state index contributed by atoms with van der Waals surface area (Å²) in [5, 5.41) is 15.6. The Kier molecular flexibility index (Phi) is 1.83. The van der Waals surface area contributed by atoms with Crippen molar-refractivity contribution in [2.24, 2.45) is 5.92 Å². The molecule has 64 valence electrons. The minimum atomic E-state index is -1.09. The van der Waals surface area contributed by atoms with Crippen molar-refractivity contribution < 1.29 is 9.50 Å². The van der Waals surface area contributed by atoms with Gasteiger partial charge < -0.3 is 10.4 Å². The summed E-state index contributed by atoms with van der Waals surface area (Å²) in [5.74, 6) is 0.0683. The molecule has 2 aliphatic rings. The Morgan fingerprint density at radius 2 is 2.18 bits per heavy atom. The first-order chi connectivity index (χ1) is 5.29. The molecule has 0 aliphatic carbocycles. The molecule has 4 unspecified atom stereocenters. The van der Waals surface area contributed by atoms with Crippen molar-refractivity contribution in [1.82, 2.24) is 10.6 Å². The van der Waals surface area contributed by atoms with Gasteiger partial charge in [-0.3, -0.25) is 5.32 Å². The molecule has 0 radical (unpaired) electrons. The Morgan fingerprint density at radius 3 is 3.00 bits per heavy atom. The van der Waals surface area contributed by atoms with Crippen molar-refractivity contribution in [3.8, 4) is 0 Å². The molecular formula is C7H13FN2O. The van der Waals surface area contributed by atoms with Crippen LogP contribution >= 0.6 is 0 Å². The number of rotatable bonds is 0. The van der Waals surface area contributed by atoms with E-state index in [9.17, 15) is 9.50 Å². The van der Waals surface area contributed by atoms with Gasteiger partial charge in [0.05, 0.1) is 12.3 Å². The minimum absolute atomic E-state index is 0.0683. The molecule has 2 heterocycles. The normalized spacial score (nSPS) is 50.7. The van der Waals surface area contributed by atoms with Crippen LogP contribution in [0.25, 0.3) is 0 Å². The molecule has 3 nitrogen and oxygen atoms in total. The molecule has 4 atom stereocenters. The second kappa shape index (κ2) is 2.69. The van der Waals surface area contributed by atoms with Crippen LogP contribution in [-0.2, 0) is 0 Å². The van der Waals surface area contributed by atoms with Gasteiger partial charge in [-0.2, -0.15) is 0 Å². The van der Waals surface area contributed by atoms with E-state index in [1.54, 1.807) is 0 Å². The number of halogens is 1. The first-order valence-electron chi connectivity index (χ1n) is 4.08. The third-order valence-electron chi connectivity index (χ3n) is 2.61. The lowest BCUT2D eigenvalue weighted by Crippen LogP contribution is -2.56. The van der Waals surface area contributed by atoms with Crippen molar-refractivity contribution >= 4 is 0 Å². The fourth-order valence-corrected chi connectivity index (χ4v) is 1.94. The number of hydrogen-bond acceptors (Lipinski definition) is 3. The van der Waals surface area contributed by atoms with Gasteiger partial charge in [0.25, 0.3) is 0 Å². The summed E-state index contributed by atoms with van der Waals surface area (Å²) in [7, 11) is 0. The molecule has 11 heavy (non-hydrogen) atoms. The van der Waals surface area contributed by atoms with E-state index in [0.29, 0.717) is 0 Å². The summed E-state index contributed by atoms with van der Waals surface area (Å²) in [6.45, 7) is 1.15. The second-order valence-electron chi connectivity index (χ2n) is 3.30. The number of fused-ring (bicyclic) bond motifs is 1. The molecule has 0 aromatic rings. The van der Waals surface area contributed by atoms with Gasteiger partial charge in [0.2, 0.25) is 0 Å². The minimum Gasteiger partial charge on any atom is -0.390 e. The average Bonchev–Trinajstić information content (AvgIpc) is 2.45. The Labute approximate surface area is 65.0 Å². The van der Waals surface area contributed by atoms with E-state index >= 15 is 0 Å². The molecule has 2 saturated heterocycles. The summed E-state index contributed by atoms with van der Waals surface area (Å²) >= 11 is 0. The van der Waals surface area contributed by atoms with E-state index in [1.165, 1.54) is 0 Å². The van der Waals surface area contributed by atoms with Gasteiger partial charge in [-0.05, 0) is 13.0 Å². The summed E-state index contributed by atoms with van der Waals surface area (Å²) in [6, 6.07) is 0. The summed E-state index contributed by atoms with van der Waals surface area (Å²) in [5.41, 5.74) is 0. The van der Waals surface area contributed by atoms with Crippen LogP contribution in [0.2, 0.25) is 0 Å². The van der Waals surface area contributed by atoms with Crippen LogP contribution in [0.5, 0.6) is 0 Å². The van der Waals surface area contributed by atoms with E-state index in [-0.39, 0.29) is 18.6 Å². The molecule has 0 aromatic carbocycles. The standard InChI is InChI=1S/C7H13FN2O/c8-5-3-10-7-4(6(5)11)1-2-9-7/h4-7,9-11H,1-3H2. The van der Waals surface area contributed by atoms with Gasteiger partial charge in [0.1, 0.15) is 6.17 Å². The van der Waals surface area contributed by atoms with E-state index in [1.807, 2.05) is 0 Å². The van der Waals surface area contributed by atoms with Crippen LogP contribution in [0.15, 0.2) is 0 Å². The van der Waals surface area contributed by atoms with Crippen molar-refractivity contribution in [2.45, 2.75) is 24.9 Å². The number of nitrogens with one attached hydrogen (secondary N) is 2. The Morgan fingerprint density at radius 1 is 1.36 bits per heavy atom. The van der Waals surface area contributed by atoms with E-state index in [2.05, 4.69) is 10.6 Å². The highest BCUT2D eigenvalue weighted by Crippen LogP contribution is 2.24. The quantitative estimate of drug-likeness (QED) is 0.436. The Hall–Kier alpha value is -0.190. The average molecular weight is 160 g/mol. The maximum absolute atomic E-state index is 12.9. The lowest BCUT2D eigenvalue weighted by Gasteiger charge is -2.33. The molecule has 3 N–H and O–H groups in total. The van der Waals surface area contributed by atoms with E-state index in [0.717, 1.165) is 13.0 Å².